The maximum absolute atomic E-state index is 13.7. The van der Waals surface area contributed by atoms with Crippen molar-refractivity contribution in [1.82, 2.24) is 19.4 Å². The molecule has 222 valence electrons. The summed E-state index contributed by atoms with van der Waals surface area (Å²) in [4.78, 5) is 45.2. The highest BCUT2D eigenvalue weighted by Crippen LogP contribution is 2.46. The minimum Gasteiger partial charge on any atom is -0.427 e. The lowest BCUT2D eigenvalue weighted by atomic mass is 9.94. The summed E-state index contributed by atoms with van der Waals surface area (Å²) in [6, 6.07) is 7.67. The molecule has 13 heteroatoms. The molecule has 1 aromatic heterocycles. The fraction of sp³-hybridized carbons (Fsp3) is 0.379. The first-order chi connectivity index (χ1) is 19.9. The molecule has 2 aliphatic rings. The summed E-state index contributed by atoms with van der Waals surface area (Å²) in [5.41, 5.74) is 0.529. The molecule has 1 spiro atoms. The summed E-state index contributed by atoms with van der Waals surface area (Å²) >= 11 is 0. The van der Waals surface area contributed by atoms with Crippen LogP contribution in [0.5, 0.6) is 0 Å². The third-order valence-corrected chi connectivity index (χ3v) is 7.59. The monoisotopic (exact) mass is 588 g/mol. The van der Waals surface area contributed by atoms with Crippen LogP contribution < -0.4 is 0 Å². The molecular formula is C29H28F4N4O5. The van der Waals surface area contributed by atoms with Gasteiger partial charge in [0.2, 0.25) is 11.5 Å². The smallest absolute Gasteiger partial charge is 0.418 e. The average molecular weight is 589 g/mol. The Morgan fingerprint density at radius 1 is 1.19 bits per heavy atom. The van der Waals surface area contributed by atoms with E-state index in [2.05, 4.69) is 4.98 Å². The van der Waals surface area contributed by atoms with Crippen molar-refractivity contribution in [2.45, 2.75) is 57.8 Å². The van der Waals surface area contributed by atoms with Gasteiger partial charge in [-0.2, -0.15) is 13.2 Å². The number of carbonyl (C=O) groups is 3. The molecule has 0 N–H and O–H groups in total. The van der Waals surface area contributed by atoms with Crippen LogP contribution in [-0.4, -0.2) is 62.6 Å². The largest absolute Gasteiger partial charge is 0.427 e. The van der Waals surface area contributed by atoms with Crippen molar-refractivity contribution in [3.63, 3.8) is 0 Å². The molecule has 2 aromatic carbocycles. The lowest BCUT2D eigenvalue weighted by Crippen LogP contribution is -2.51. The first kappa shape index (κ1) is 29.2. The van der Waals surface area contributed by atoms with Gasteiger partial charge >= 0.3 is 12.3 Å². The SMILES string of the molecule is CCOCn1ccnc1-c1ccc2c(c1)CC[C@@]21OC(=O)N(CC(=O)N(Cc2ccc(F)cc2)[C@@H](C)C(F)(F)F)C1=O. The van der Waals surface area contributed by atoms with Gasteiger partial charge in [-0.25, -0.2) is 19.1 Å². The molecule has 0 bridgehead atoms. The molecule has 1 fully saturated rings. The van der Waals surface area contributed by atoms with Gasteiger partial charge in [0.25, 0.3) is 5.91 Å². The van der Waals surface area contributed by atoms with Crippen molar-refractivity contribution in [1.29, 1.82) is 0 Å². The first-order valence-electron chi connectivity index (χ1n) is 13.3. The van der Waals surface area contributed by atoms with Gasteiger partial charge in [-0.15, -0.1) is 0 Å². The van der Waals surface area contributed by atoms with Crippen LogP contribution in [0.25, 0.3) is 11.4 Å². The number of imide groups is 1. The Hall–Kier alpha value is -4.26. The number of fused-ring (bicyclic) bond motifs is 2. The molecule has 9 nitrogen and oxygen atoms in total. The summed E-state index contributed by atoms with van der Waals surface area (Å²) in [7, 11) is 0. The molecule has 3 aromatic rings. The number of halogens is 4. The van der Waals surface area contributed by atoms with Crippen LogP contribution in [0.2, 0.25) is 0 Å². The minimum absolute atomic E-state index is 0.118. The summed E-state index contributed by atoms with van der Waals surface area (Å²) in [5.74, 6) is -1.86. The van der Waals surface area contributed by atoms with E-state index in [4.69, 9.17) is 9.47 Å². The number of aromatic nitrogens is 2. The number of aryl methyl sites for hydroxylation is 1. The lowest BCUT2D eigenvalue weighted by molar-refractivity contribution is -0.187. The maximum atomic E-state index is 13.7. The fourth-order valence-electron chi connectivity index (χ4n) is 5.29. The van der Waals surface area contributed by atoms with Gasteiger partial charge in [0.1, 0.15) is 31.0 Å². The number of hydrogen-bond donors (Lipinski definition) is 0. The molecule has 0 unspecified atom stereocenters. The van der Waals surface area contributed by atoms with E-state index < -0.39 is 54.6 Å². The zero-order valence-corrected chi connectivity index (χ0v) is 22.9. The average Bonchev–Trinajstić information content (AvgIpc) is 3.63. The van der Waals surface area contributed by atoms with E-state index in [1.807, 2.05) is 17.6 Å². The Bertz CT molecular complexity index is 1510. The normalized spacial score (nSPS) is 18.9. The van der Waals surface area contributed by atoms with E-state index in [-0.39, 0.29) is 12.0 Å². The van der Waals surface area contributed by atoms with Crippen molar-refractivity contribution >= 4 is 17.9 Å². The molecular weight excluding hydrogens is 560 g/mol. The van der Waals surface area contributed by atoms with Crippen molar-refractivity contribution in [2.75, 3.05) is 13.2 Å². The predicted molar refractivity (Wildman–Crippen MR) is 140 cm³/mol. The summed E-state index contributed by atoms with van der Waals surface area (Å²) in [6.45, 7) is 2.06. The van der Waals surface area contributed by atoms with Gasteiger partial charge in [-0.1, -0.05) is 24.3 Å². The molecule has 1 saturated heterocycles. The number of carbonyl (C=O) groups excluding carboxylic acids is 3. The Balaban J connectivity index is 1.37. The number of alkyl halides is 3. The van der Waals surface area contributed by atoms with E-state index in [0.717, 1.165) is 30.2 Å². The van der Waals surface area contributed by atoms with Gasteiger partial charge in [0.05, 0.1) is 0 Å². The second-order valence-electron chi connectivity index (χ2n) is 10.2. The van der Waals surface area contributed by atoms with Gasteiger partial charge in [0, 0.05) is 43.1 Å². The molecule has 42 heavy (non-hydrogen) atoms. The second-order valence-corrected chi connectivity index (χ2v) is 10.2. The number of hydrogen-bond acceptors (Lipinski definition) is 6. The summed E-state index contributed by atoms with van der Waals surface area (Å²) < 4.78 is 67.2. The molecule has 1 aliphatic carbocycles. The number of benzene rings is 2. The topological polar surface area (TPSA) is 94.0 Å². The molecule has 1 aliphatic heterocycles. The Kier molecular flexibility index (Phi) is 7.80. The number of imidazole rings is 1. The van der Waals surface area contributed by atoms with Crippen LogP contribution >= 0.6 is 0 Å². The molecule has 0 radical (unpaired) electrons. The molecule has 5 rings (SSSR count). The molecule has 3 amide bonds. The highest BCUT2D eigenvalue weighted by atomic mass is 19.4. The van der Waals surface area contributed by atoms with Crippen LogP contribution in [0.15, 0.2) is 54.9 Å². The van der Waals surface area contributed by atoms with Crippen LogP contribution in [0, 0.1) is 5.82 Å². The van der Waals surface area contributed by atoms with E-state index in [1.54, 1.807) is 24.5 Å². The van der Waals surface area contributed by atoms with E-state index in [0.29, 0.717) is 40.9 Å². The first-order valence-corrected chi connectivity index (χ1v) is 13.3. The highest BCUT2D eigenvalue weighted by Gasteiger charge is 2.58. The molecule has 2 atom stereocenters. The number of ether oxygens (including phenoxy) is 2. The molecule has 2 heterocycles. The van der Waals surface area contributed by atoms with Crippen molar-refractivity contribution < 1.29 is 41.4 Å². The summed E-state index contributed by atoms with van der Waals surface area (Å²) in [5, 5.41) is 0. The van der Waals surface area contributed by atoms with Gasteiger partial charge in [-0.3, -0.25) is 9.59 Å². The van der Waals surface area contributed by atoms with E-state index in [9.17, 15) is 31.9 Å². The Labute approximate surface area is 238 Å². The fourth-order valence-corrected chi connectivity index (χ4v) is 5.29. The lowest BCUT2D eigenvalue weighted by Gasteiger charge is -2.31. The van der Waals surface area contributed by atoms with E-state index in [1.165, 1.54) is 12.1 Å². The Morgan fingerprint density at radius 2 is 1.93 bits per heavy atom. The molecule has 0 saturated carbocycles. The second kappa shape index (κ2) is 11.2. The minimum atomic E-state index is -4.79. The van der Waals surface area contributed by atoms with Crippen LogP contribution in [0.4, 0.5) is 22.4 Å². The third-order valence-electron chi connectivity index (χ3n) is 7.59. The standard InChI is InChI=1S/C29H28F4N4O5/c1-3-41-17-35-13-12-34-25(35)21-6-9-23-20(14-21)10-11-28(23)26(39)37(27(40)42-28)16-24(38)36(18(2)29(31,32)33)15-19-4-7-22(30)8-5-19/h4-9,12-14,18H,3,10-11,15-17H2,1-2H3/t18-,28+/m0/s1. The predicted octanol–water partition coefficient (Wildman–Crippen LogP) is 4.78. The van der Waals surface area contributed by atoms with Crippen molar-refractivity contribution in [2.24, 2.45) is 0 Å². The van der Waals surface area contributed by atoms with Gasteiger partial charge < -0.3 is 18.9 Å². The number of amides is 3. The summed E-state index contributed by atoms with van der Waals surface area (Å²) in [6.07, 6.45) is -1.98. The number of nitrogens with zero attached hydrogens (tertiary/aromatic N) is 4. The quantitative estimate of drug-likeness (QED) is 0.334. The third kappa shape index (κ3) is 5.36. The zero-order valence-electron chi connectivity index (χ0n) is 22.9. The Morgan fingerprint density at radius 3 is 2.62 bits per heavy atom. The highest BCUT2D eigenvalue weighted by molar-refractivity contribution is 6.06. The van der Waals surface area contributed by atoms with Crippen LogP contribution in [0.3, 0.4) is 0 Å². The van der Waals surface area contributed by atoms with Crippen LogP contribution in [0.1, 0.15) is 37.0 Å². The zero-order chi connectivity index (χ0) is 30.2. The van der Waals surface area contributed by atoms with Crippen LogP contribution in [-0.2, 0) is 44.4 Å². The van der Waals surface area contributed by atoms with Crippen molar-refractivity contribution in [3.8, 4) is 11.4 Å². The number of rotatable bonds is 9. The maximum Gasteiger partial charge on any atom is 0.418 e. The van der Waals surface area contributed by atoms with Gasteiger partial charge in [-0.05, 0) is 49.6 Å². The van der Waals surface area contributed by atoms with Gasteiger partial charge in [0.15, 0.2) is 0 Å². The van der Waals surface area contributed by atoms with E-state index >= 15 is 0 Å². The van der Waals surface area contributed by atoms with Crippen molar-refractivity contribution in [3.05, 3.63) is 77.4 Å².